The molecule has 8 nitrogen and oxygen atoms in total. The number of hydrogen-bond acceptors (Lipinski definition) is 8. The van der Waals surface area contributed by atoms with Gasteiger partial charge >= 0.3 is 5.97 Å². The lowest BCUT2D eigenvalue weighted by Gasteiger charge is -2.15. The molecule has 0 aliphatic carbocycles. The second-order valence-corrected chi connectivity index (χ2v) is 6.18. The van der Waals surface area contributed by atoms with Crippen molar-refractivity contribution in [1.29, 1.82) is 0 Å². The summed E-state index contributed by atoms with van der Waals surface area (Å²) in [4.78, 5) is 16.9. The highest BCUT2D eigenvalue weighted by molar-refractivity contribution is 6.06. The number of nitrogens with one attached hydrogen (secondary N) is 1. The van der Waals surface area contributed by atoms with Crippen molar-refractivity contribution in [2.45, 2.75) is 6.92 Å². The lowest BCUT2D eigenvalue weighted by Crippen LogP contribution is -2.09. The molecule has 0 saturated carbocycles. The van der Waals surface area contributed by atoms with Crippen molar-refractivity contribution >= 4 is 28.2 Å². The fourth-order valence-corrected chi connectivity index (χ4v) is 3.20. The molecule has 0 fully saturated rings. The van der Waals surface area contributed by atoms with E-state index in [0.717, 1.165) is 5.69 Å². The summed E-state index contributed by atoms with van der Waals surface area (Å²) in [6.07, 6.45) is 1.50. The molecule has 1 N–H and O–H groups in total. The van der Waals surface area contributed by atoms with E-state index in [9.17, 15) is 4.79 Å². The van der Waals surface area contributed by atoms with Crippen LogP contribution in [0.4, 0.5) is 11.4 Å². The van der Waals surface area contributed by atoms with Gasteiger partial charge in [0.2, 0.25) is 13.6 Å². The molecule has 28 heavy (non-hydrogen) atoms. The largest absolute Gasteiger partial charge is 0.462 e. The van der Waals surface area contributed by atoms with Gasteiger partial charge in [-0.1, -0.05) is 0 Å². The van der Waals surface area contributed by atoms with Crippen molar-refractivity contribution in [1.82, 2.24) is 4.98 Å². The molecular formula is C20H16N2O6. The summed E-state index contributed by atoms with van der Waals surface area (Å²) in [5, 5.41) is 4.02. The zero-order valence-electron chi connectivity index (χ0n) is 15.0. The van der Waals surface area contributed by atoms with Gasteiger partial charge in [0.25, 0.3) is 0 Å². The van der Waals surface area contributed by atoms with Crippen LogP contribution in [0.25, 0.3) is 10.9 Å². The van der Waals surface area contributed by atoms with Gasteiger partial charge in [-0.2, -0.15) is 0 Å². The van der Waals surface area contributed by atoms with E-state index >= 15 is 0 Å². The highest BCUT2D eigenvalue weighted by Gasteiger charge is 2.22. The third-order valence-corrected chi connectivity index (χ3v) is 4.50. The van der Waals surface area contributed by atoms with Gasteiger partial charge < -0.3 is 29.0 Å². The minimum Gasteiger partial charge on any atom is -0.462 e. The summed E-state index contributed by atoms with van der Waals surface area (Å²) in [6.45, 7) is 2.37. The van der Waals surface area contributed by atoms with Gasteiger partial charge in [0.1, 0.15) is 5.56 Å². The standard InChI is InChI=1S/C20H16N2O6/c1-2-24-20(23)13-8-21-14-7-18-17(27-10-28-18)6-12(14)19(13)22-11-3-4-15-16(5-11)26-9-25-15/h3-8H,2,9-10H2,1H3,(H,21,22). The number of esters is 1. The van der Waals surface area contributed by atoms with Gasteiger partial charge in [-0.3, -0.25) is 4.98 Å². The van der Waals surface area contributed by atoms with Crippen LogP contribution >= 0.6 is 0 Å². The third kappa shape index (κ3) is 2.70. The molecule has 1 aromatic heterocycles. The van der Waals surface area contributed by atoms with E-state index in [1.54, 1.807) is 13.0 Å². The molecular weight excluding hydrogens is 364 g/mol. The van der Waals surface area contributed by atoms with E-state index in [4.69, 9.17) is 23.7 Å². The van der Waals surface area contributed by atoms with E-state index in [0.29, 0.717) is 45.2 Å². The van der Waals surface area contributed by atoms with Crippen molar-refractivity contribution in [3.63, 3.8) is 0 Å². The third-order valence-electron chi connectivity index (χ3n) is 4.50. The molecule has 0 amide bonds. The second-order valence-electron chi connectivity index (χ2n) is 6.18. The second kappa shape index (κ2) is 6.49. The number of anilines is 2. The number of nitrogens with zero attached hydrogens (tertiary/aromatic N) is 1. The Kier molecular flexibility index (Phi) is 3.82. The summed E-state index contributed by atoms with van der Waals surface area (Å²) >= 11 is 0. The Morgan fingerprint density at radius 3 is 2.54 bits per heavy atom. The molecule has 0 unspecified atom stereocenters. The topological polar surface area (TPSA) is 88.1 Å². The molecule has 142 valence electrons. The zero-order valence-corrected chi connectivity index (χ0v) is 15.0. The van der Waals surface area contributed by atoms with Crippen molar-refractivity contribution in [3.05, 3.63) is 42.1 Å². The van der Waals surface area contributed by atoms with Crippen LogP contribution in [-0.2, 0) is 4.74 Å². The average molecular weight is 380 g/mol. The molecule has 0 radical (unpaired) electrons. The van der Waals surface area contributed by atoms with Crippen LogP contribution in [0, 0.1) is 0 Å². The Bertz CT molecular complexity index is 1100. The minimum absolute atomic E-state index is 0.154. The number of benzene rings is 2. The Morgan fingerprint density at radius 2 is 1.75 bits per heavy atom. The lowest BCUT2D eigenvalue weighted by atomic mass is 10.1. The lowest BCUT2D eigenvalue weighted by molar-refractivity contribution is 0.0527. The summed E-state index contributed by atoms with van der Waals surface area (Å²) in [6, 6.07) is 9.07. The molecule has 3 heterocycles. The number of carbonyl (C=O) groups excluding carboxylic acids is 1. The molecule has 5 rings (SSSR count). The molecule has 0 saturated heterocycles. The number of aromatic nitrogens is 1. The van der Waals surface area contributed by atoms with Crippen LogP contribution in [0.15, 0.2) is 36.5 Å². The number of carbonyl (C=O) groups is 1. The van der Waals surface area contributed by atoms with Crippen LogP contribution < -0.4 is 24.3 Å². The van der Waals surface area contributed by atoms with Gasteiger partial charge in [0.15, 0.2) is 23.0 Å². The maximum Gasteiger partial charge on any atom is 0.341 e. The van der Waals surface area contributed by atoms with Gasteiger partial charge in [-0.15, -0.1) is 0 Å². The van der Waals surface area contributed by atoms with E-state index in [1.807, 2.05) is 24.3 Å². The SMILES string of the molecule is CCOC(=O)c1cnc2cc3c(cc2c1Nc1ccc2c(c1)OCO2)OCO3. The van der Waals surface area contributed by atoms with Gasteiger partial charge in [-0.25, -0.2) is 4.79 Å². The molecule has 2 aliphatic rings. The van der Waals surface area contributed by atoms with Gasteiger partial charge in [0, 0.05) is 29.4 Å². The maximum atomic E-state index is 12.5. The molecule has 8 heteroatoms. The smallest absolute Gasteiger partial charge is 0.341 e. The Balaban J connectivity index is 1.65. The van der Waals surface area contributed by atoms with E-state index in [2.05, 4.69) is 10.3 Å². The van der Waals surface area contributed by atoms with Crippen LogP contribution in [-0.4, -0.2) is 31.1 Å². The number of pyridine rings is 1. The normalized spacial score (nSPS) is 13.6. The first-order valence-corrected chi connectivity index (χ1v) is 8.79. The molecule has 0 atom stereocenters. The predicted molar refractivity (Wildman–Crippen MR) is 99.7 cm³/mol. The zero-order chi connectivity index (χ0) is 19.1. The van der Waals surface area contributed by atoms with Crippen LogP contribution in [0.3, 0.4) is 0 Å². The van der Waals surface area contributed by atoms with Crippen molar-refractivity contribution in [2.75, 3.05) is 25.5 Å². The molecule has 0 spiro atoms. The van der Waals surface area contributed by atoms with Crippen LogP contribution in [0.5, 0.6) is 23.0 Å². The van der Waals surface area contributed by atoms with E-state index in [1.165, 1.54) is 6.20 Å². The molecule has 0 bridgehead atoms. The summed E-state index contributed by atoms with van der Waals surface area (Å²) in [7, 11) is 0. The van der Waals surface area contributed by atoms with Gasteiger partial charge in [0.05, 0.1) is 17.8 Å². The average Bonchev–Trinajstić information content (AvgIpc) is 3.35. The highest BCUT2D eigenvalue weighted by atomic mass is 16.7. The van der Waals surface area contributed by atoms with E-state index in [-0.39, 0.29) is 20.2 Å². The van der Waals surface area contributed by atoms with Crippen LogP contribution in [0.2, 0.25) is 0 Å². The molecule has 2 aliphatic heterocycles. The first kappa shape index (κ1) is 16.5. The number of ether oxygens (including phenoxy) is 5. The maximum absolute atomic E-state index is 12.5. The minimum atomic E-state index is -0.460. The number of rotatable bonds is 4. The number of fused-ring (bicyclic) bond motifs is 3. The first-order chi connectivity index (χ1) is 13.7. The Labute approximate surface area is 159 Å². The van der Waals surface area contributed by atoms with Crippen molar-refractivity contribution < 1.29 is 28.5 Å². The fraction of sp³-hybridized carbons (Fsp3) is 0.200. The first-order valence-electron chi connectivity index (χ1n) is 8.79. The summed E-state index contributed by atoms with van der Waals surface area (Å²) in [5.41, 5.74) is 2.30. The fourth-order valence-electron chi connectivity index (χ4n) is 3.20. The van der Waals surface area contributed by atoms with Crippen LogP contribution in [0.1, 0.15) is 17.3 Å². The number of hydrogen-bond donors (Lipinski definition) is 1. The quantitative estimate of drug-likeness (QED) is 0.687. The predicted octanol–water partition coefficient (Wildman–Crippen LogP) is 3.61. The Morgan fingerprint density at radius 1 is 1.04 bits per heavy atom. The summed E-state index contributed by atoms with van der Waals surface area (Å²) in [5.74, 6) is 2.08. The molecule has 3 aromatic rings. The van der Waals surface area contributed by atoms with Crippen molar-refractivity contribution in [3.8, 4) is 23.0 Å². The molecule has 2 aromatic carbocycles. The highest BCUT2D eigenvalue weighted by Crippen LogP contribution is 2.41. The van der Waals surface area contributed by atoms with E-state index < -0.39 is 5.97 Å². The van der Waals surface area contributed by atoms with Gasteiger partial charge in [-0.05, 0) is 25.1 Å². The monoisotopic (exact) mass is 380 g/mol. The summed E-state index contributed by atoms with van der Waals surface area (Å²) < 4.78 is 26.9. The van der Waals surface area contributed by atoms with Crippen molar-refractivity contribution in [2.24, 2.45) is 0 Å². The Hall–Kier alpha value is -3.68.